The molecule has 0 saturated heterocycles. The van der Waals surface area contributed by atoms with E-state index in [1.165, 1.54) is 17.5 Å². The topological polar surface area (TPSA) is 72.9 Å². The summed E-state index contributed by atoms with van der Waals surface area (Å²) in [6.45, 7) is 4.65. The molecule has 1 aromatic rings. The molecule has 1 aliphatic carbocycles. The first kappa shape index (κ1) is 13.3. The number of nitrogens with zero attached hydrogens (tertiary/aromatic N) is 2. The molecule has 3 N–H and O–H groups in total. The van der Waals surface area contributed by atoms with Gasteiger partial charge in [-0.1, -0.05) is 6.08 Å². The molecule has 1 atom stereocenters. The van der Waals surface area contributed by atoms with Crippen molar-refractivity contribution in [1.82, 2.24) is 9.78 Å². The van der Waals surface area contributed by atoms with Crippen molar-refractivity contribution in [2.75, 3.05) is 11.9 Å². The van der Waals surface area contributed by atoms with E-state index >= 15 is 0 Å². The van der Waals surface area contributed by atoms with Crippen LogP contribution in [0.5, 0.6) is 0 Å². The molecule has 0 spiro atoms. The lowest BCUT2D eigenvalue weighted by atomic mass is 10.2. The van der Waals surface area contributed by atoms with Gasteiger partial charge in [-0.05, 0) is 34.7 Å². The Morgan fingerprint density at radius 1 is 1.72 bits per heavy atom. The second-order valence-corrected chi connectivity index (χ2v) is 5.32. The van der Waals surface area contributed by atoms with E-state index in [-0.39, 0.29) is 11.6 Å². The predicted octanol–water partition coefficient (Wildman–Crippen LogP) is 1.34. The molecule has 1 heterocycles. The Bertz CT molecular complexity index is 495. The van der Waals surface area contributed by atoms with Gasteiger partial charge in [0.25, 0.3) is 5.56 Å². The van der Waals surface area contributed by atoms with Gasteiger partial charge < -0.3 is 11.1 Å². The number of anilines is 1. The summed E-state index contributed by atoms with van der Waals surface area (Å²) in [7, 11) is 0. The third-order valence-electron chi connectivity index (χ3n) is 3.04. The van der Waals surface area contributed by atoms with Crippen LogP contribution in [-0.4, -0.2) is 22.4 Å². The lowest BCUT2D eigenvalue weighted by Gasteiger charge is -2.13. The second-order valence-electron chi connectivity index (χ2n) is 4.53. The molecular formula is C12H17BrN4O. The number of rotatable bonds is 6. The summed E-state index contributed by atoms with van der Waals surface area (Å²) >= 11 is 3.29. The summed E-state index contributed by atoms with van der Waals surface area (Å²) in [5, 5.41) is 7.24. The maximum atomic E-state index is 11.9. The smallest absolute Gasteiger partial charge is 0.283 e. The van der Waals surface area contributed by atoms with Crippen LogP contribution in [0.2, 0.25) is 0 Å². The van der Waals surface area contributed by atoms with Gasteiger partial charge in [-0.25, -0.2) is 4.68 Å². The zero-order valence-corrected chi connectivity index (χ0v) is 11.7. The fraction of sp³-hybridized carbons (Fsp3) is 0.500. The number of nitrogens with two attached hydrogens (primary N) is 1. The number of allylic oxidation sites excluding steroid dienone is 1. The Balaban J connectivity index is 2.06. The molecule has 1 saturated carbocycles. The van der Waals surface area contributed by atoms with Crippen molar-refractivity contribution >= 4 is 21.6 Å². The first-order chi connectivity index (χ1) is 8.63. The van der Waals surface area contributed by atoms with Crippen molar-refractivity contribution < 1.29 is 0 Å². The van der Waals surface area contributed by atoms with Gasteiger partial charge >= 0.3 is 0 Å². The average molecular weight is 313 g/mol. The molecule has 98 valence electrons. The summed E-state index contributed by atoms with van der Waals surface area (Å²) in [6, 6.07) is 0.146. The van der Waals surface area contributed by atoms with Crippen molar-refractivity contribution in [3.63, 3.8) is 0 Å². The van der Waals surface area contributed by atoms with Crippen molar-refractivity contribution in [1.29, 1.82) is 0 Å². The van der Waals surface area contributed by atoms with Crippen LogP contribution in [0.15, 0.2) is 28.1 Å². The highest BCUT2D eigenvalue weighted by atomic mass is 79.9. The van der Waals surface area contributed by atoms with Crippen molar-refractivity contribution in [3.8, 4) is 0 Å². The van der Waals surface area contributed by atoms with E-state index in [0.717, 1.165) is 0 Å². The lowest BCUT2D eigenvalue weighted by molar-refractivity contribution is 0.617. The summed E-state index contributed by atoms with van der Waals surface area (Å²) in [4.78, 5) is 11.9. The van der Waals surface area contributed by atoms with Crippen LogP contribution in [0.4, 0.5) is 5.69 Å². The van der Waals surface area contributed by atoms with Crippen molar-refractivity contribution in [3.05, 3.63) is 33.7 Å². The van der Waals surface area contributed by atoms with E-state index in [4.69, 9.17) is 5.73 Å². The summed E-state index contributed by atoms with van der Waals surface area (Å²) in [6.07, 6.45) is 5.69. The molecule has 0 aliphatic heterocycles. The van der Waals surface area contributed by atoms with Gasteiger partial charge in [-0.15, -0.1) is 6.58 Å². The van der Waals surface area contributed by atoms with E-state index in [9.17, 15) is 4.79 Å². The minimum absolute atomic E-state index is 0.146. The van der Waals surface area contributed by atoms with Crippen molar-refractivity contribution in [2.24, 2.45) is 11.7 Å². The van der Waals surface area contributed by atoms with E-state index in [0.29, 0.717) is 29.2 Å². The fourth-order valence-electron chi connectivity index (χ4n) is 1.76. The van der Waals surface area contributed by atoms with E-state index in [2.05, 4.69) is 32.9 Å². The zero-order valence-electron chi connectivity index (χ0n) is 10.1. The second kappa shape index (κ2) is 5.67. The van der Waals surface area contributed by atoms with Crippen LogP contribution in [0.1, 0.15) is 12.8 Å². The van der Waals surface area contributed by atoms with Gasteiger partial charge in [0, 0.05) is 12.6 Å². The van der Waals surface area contributed by atoms with Gasteiger partial charge in [0.1, 0.15) is 4.47 Å². The highest BCUT2D eigenvalue weighted by molar-refractivity contribution is 9.10. The van der Waals surface area contributed by atoms with Crippen LogP contribution < -0.4 is 16.6 Å². The Morgan fingerprint density at radius 3 is 3.06 bits per heavy atom. The van der Waals surface area contributed by atoms with Gasteiger partial charge in [-0.2, -0.15) is 5.10 Å². The first-order valence-electron chi connectivity index (χ1n) is 5.99. The van der Waals surface area contributed by atoms with Gasteiger partial charge in [-0.3, -0.25) is 4.79 Å². The molecule has 0 bridgehead atoms. The quantitative estimate of drug-likeness (QED) is 0.778. The van der Waals surface area contributed by atoms with Crippen molar-refractivity contribution in [2.45, 2.75) is 25.4 Å². The van der Waals surface area contributed by atoms with E-state index in [1.54, 1.807) is 12.3 Å². The third kappa shape index (κ3) is 3.00. The minimum Gasteiger partial charge on any atom is -0.381 e. The fourth-order valence-corrected chi connectivity index (χ4v) is 2.21. The molecule has 5 nitrogen and oxygen atoms in total. The summed E-state index contributed by atoms with van der Waals surface area (Å²) in [5.74, 6) is 0.630. The molecular weight excluding hydrogens is 296 g/mol. The highest BCUT2D eigenvalue weighted by Gasteiger charge is 2.28. The number of halogens is 1. The molecule has 1 aliphatic rings. The molecule has 0 amide bonds. The number of aromatic nitrogens is 2. The average Bonchev–Trinajstić information content (AvgIpc) is 3.18. The largest absolute Gasteiger partial charge is 0.381 e. The molecule has 2 rings (SSSR count). The Labute approximate surface area is 114 Å². The Hall–Kier alpha value is -1.14. The van der Waals surface area contributed by atoms with E-state index in [1.807, 2.05) is 0 Å². The van der Waals surface area contributed by atoms with Crippen LogP contribution in [0.25, 0.3) is 0 Å². The molecule has 18 heavy (non-hydrogen) atoms. The van der Waals surface area contributed by atoms with Crippen LogP contribution >= 0.6 is 15.9 Å². The maximum Gasteiger partial charge on any atom is 0.283 e. The lowest BCUT2D eigenvalue weighted by Crippen LogP contribution is -2.32. The molecule has 1 fully saturated rings. The van der Waals surface area contributed by atoms with E-state index < -0.39 is 0 Å². The first-order valence-corrected chi connectivity index (χ1v) is 6.78. The Morgan fingerprint density at radius 2 is 2.44 bits per heavy atom. The zero-order chi connectivity index (χ0) is 13.1. The molecule has 0 aromatic carbocycles. The van der Waals surface area contributed by atoms with Gasteiger partial charge in [0.2, 0.25) is 0 Å². The maximum absolute atomic E-state index is 11.9. The van der Waals surface area contributed by atoms with Crippen LogP contribution in [-0.2, 0) is 6.54 Å². The number of hydrogen-bond acceptors (Lipinski definition) is 4. The summed E-state index contributed by atoms with van der Waals surface area (Å²) < 4.78 is 1.84. The van der Waals surface area contributed by atoms with Gasteiger partial charge in [0.15, 0.2) is 0 Å². The highest BCUT2D eigenvalue weighted by Crippen LogP contribution is 2.31. The summed E-state index contributed by atoms with van der Waals surface area (Å²) in [5.41, 5.74) is 6.52. The number of nitrogens with one attached hydrogen (secondary N) is 1. The number of hydrogen-bond donors (Lipinski definition) is 2. The Kier molecular flexibility index (Phi) is 4.19. The minimum atomic E-state index is -0.167. The third-order valence-corrected chi connectivity index (χ3v) is 3.81. The molecule has 1 unspecified atom stereocenters. The normalized spacial score (nSPS) is 16.3. The van der Waals surface area contributed by atoms with Crippen LogP contribution in [0, 0.1) is 5.92 Å². The predicted molar refractivity (Wildman–Crippen MR) is 75.6 cm³/mol. The molecule has 6 heteroatoms. The molecule has 1 aromatic heterocycles. The standard InChI is InChI=1S/C12H17BrN4O/c1-2-5-17-12(18)11(13)10(7-16-17)15-6-9(14)8-3-4-8/h2,7-9,15H,1,3-6,14H2. The SMILES string of the molecule is C=CCn1ncc(NCC(N)C2CC2)c(Br)c1=O. The monoisotopic (exact) mass is 312 g/mol. The van der Waals surface area contributed by atoms with Crippen LogP contribution in [0.3, 0.4) is 0 Å². The molecule has 0 radical (unpaired) electrons. The van der Waals surface area contributed by atoms with Gasteiger partial charge in [0.05, 0.1) is 18.4 Å².